The molecule has 15 heavy (non-hydrogen) atoms. The first-order valence-electron chi connectivity index (χ1n) is 5.46. The van der Waals surface area contributed by atoms with Crippen LogP contribution in [-0.2, 0) is 9.53 Å². The molecule has 0 aromatic heterocycles. The second-order valence-electron chi connectivity index (χ2n) is 4.20. The Bertz CT molecular complexity index is 237. The van der Waals surface area contributed by atoms with Gasteiger partial charge < -0.3 is 4.74 Å². The molecule has 0 fully saturated rings. The second kappa shape index (κ2) is 7.27. The summed E-state index contributed by atoms with van der Waals surface area (Å²) in [6, 6.07) is 0. The molecule has 0 aromatic rings. The molecule has 2 nitrogen and oxygen atoms in total. The van der Waals surface area contributed by atoms with Gasteiger partial charge in [-0.1, -0.05) is 45.1 Å². The van der Waals surface area contributed by atoms with Crippen molar-refractivity contribution < 1.29 is 9.53 Å². The van der Waals surface area contributed by atoms with Crippen LogP contribution in [-0.4, -0.2) is 12.6 Å². The van der Waals surface area contributed by atoms with Crippen molar-refractivity contribution in [3.8, 4) is 0 Å². The largest absolute Gasteiger partial charge is 0.461 e. The van der Waals surface area contributed by atoms with Crippen molar-refractivity contribution in [3.63, 3.8) is 0 Å². The van der Waals surface area contributed by atoms with E-state index in [0.717, 1.165) is 6.42 Å². The van der Waals surface area contributed by atoms with Crippen LogP contribution in [0.3, 0.4) is 0 Å². The maximum Gasteiger partial charge on any atom is 0.305 e. The van der Waals surface area contributed by atoms with E-state index in [0.29, 0.717) is 13.0 Å². The Morgan fingerprint density at radius 2 is 2.00 bits per heavy atom. The number of allylic oxidation sites excluding steroid dienone is 3. The predicted octanol–water partition coefficient (Wildman–Crippen LogP) is 3.49. The highest BCUT2D eigenvalue weighted by molar-refractivity contribution is 5.68. The van der Waals surface area contributed by atoms with Gasteiger partial charge in [0.25, 0.3) is 0 Å². The topological polar surface area (TPSA) is 26.3 Å². The SMILES string of the molecule is C/C=C/CC(C)(C)/C=C/COC(=O)CC. The van der Waals surface area contributed by atoms with E-state index in [-0.39, 0.29) is 11.4 Å². The van der Waals surface area contributed by atoms with Crippen molar-refractivity contribution in [2.75, 3.05) is 6.61 Å². The molecule has 0 unspecified atom stereocenters. The van der Waals surface area contributed by atoms with E-state index in [1.165, 1.54) is 0 Å². The molecule has 0 aliphatic carbocycles. The molecule has 86 valence electrons. The smallest absolute Gasteiger partial charge is 0.305 e. The molecular formula is C13H22O2. The third kappa shape index (κ3) is 7.98. The van der Waals surface area contributed by atoms with Crippen LogP contribution in [0, 0.1) is 5.41 Å². The monoisotopic (exact) mass is 210 g/mol. The first kappa shape index (κ1) is 13.9. The molecular weight excluding hydrogens is 188 g/mol. The predicted molar refractivity (Wildman–Crippen MR) is 63.6 cm³/mol. The van der Waals surface area contributed by atoms with E-state index in [9.17, 15) is 4.79 Å². The molecule has 0 radical (unpaired) electrons. The third-order valence-electron chi connectivity index (χ3n) is 2.08. The molecule has 0 amide bonds. The highest BCUT2D eigenvalue weighted by atomic mass is 16.5. The first-order valence-corrected chi connectivity index (χ1v) is 5.46. The Labute approximate surface area is 93.0 Å². The van der Waals surface area contributed by atoms with Crippen LogP contribution >= 0.6 is 0 Å². The summed E-state index contributed by atoms with van der Waals surface area (Å²) in [5, 5.41) is 0. The van der Waals surface area contributed by atoms with Crippen LogP contribution in [0.15, 0.2) is 24.3 Å². The minimum absolute atomic E-state index is 0.130. The summed E-state index contributed by atoms with van der Waals surface area (Å²) in [6.45, 7) is 8.51. The quantitative estimate of drug-likeness (QED) is 0.495. The Balaban J connectivity index is 3.88. The van der Waals surface area contributed by atoms with Gasteiger partial charge in [-0.2, -0.15) is 0 Å². The lowest BCUT2D eigenvalue weighted by Crippen LogP contribution is -2.07. The Kier molecular flexibility index (Phi) is 6.76. The summed E-state index contributed by atoms with van der Waals surface area (Å²) < 4.78 is 4.95. The molecule has 0 saturated heterocycles. The lowest BCUT2D eigenvalue weighted by atomic mass is 9.89. The van der Waals surface area contributed by atoms with E-state index in [1.54, 1.807) is 6.92 Å². The zero-order valence-electron chi connectivity index (χ0n) is 10.2. The molecule has 0 aromatic carbocycles. The van der Waals surface area contributed by atoms with E-state index in [4.69, 9.17) is 4.74 Å². The van der Waals surface area contributed by atoms with Crippen LogP contribution in [0.1, 0.15) is 40.5 Å². The number of hydrogen-bond donors (Lipinski definition) is 0. The molecule has 0 saturated carbocycles. The fourth-order valence-electron chi connectivity index (χ4n) is 1.10. The maximum absolute atomic E-state index is 10.8. The summed E-state index contributed by atoms with van der Waals surface area (Å²) in [4.78, 5) is 10.8. The van der Waals surface area contributed by atoms with Crippen molar-refractivity contribution in [1.29, 1.82) is 0 Å². The van der Waals surface area contributed by atoms with Gasteiger partial charge in [-0.15, -0.1) is 0 Å². The van der Waals surface area contributed by atoms with Gasteiger partial charge in [-0.05, 0) is 18.8 Å². The summed E-state index contributed by atoms with van der Waals surface area (Å²) in [6.07, 6.45) is 9.64. The Morgan fingerprint density at radius 1 is 1.33 bits per heavy atom. The highest BCUT2D eigenvalue weighted by Crippen LogP contribution is 2.22. The number of carbonyl (C=O) groups is 1. The average molecular weight is 210 g/mol. The van der Waals surface area contributed by atoms with Crippen molar-refractivity contribution in [3.05, 3.63) is 24.3 Å². The molecule has 0 aliphatic rings. The fourth-order valence-corrected chi connectivity index (χ4v) is 1.10. The Hall–Kier alpha value is -1.05. The van der Waals surface area contributed by atoms with E-state index in [2.05, 4.69) is 26.0 Å². The second-order valence-corrected chi connectivity index (χ2v) is 4.20. The highest BCUT2D eigenvalue weighted by Gasteiger charge is 2.10. The number of hydrogen-bond acceptors (Lipinski definition) is 2. The summed E-state index contributed by atoms with van der Waals surface area (Å²) >= 11 is 0. The minimum atomic E-state index is -0.147. The van der Waals surface area contributed by atoms with Crippen molar-refractivity contribution in [1.82, 2.24) is 0 Å². The van der Waals surface area contributed by atoms with Crippen LogP contribution in [0.25, 0.3) is 0 Å². The van der Waals surface area contributed by atoms with E-state index in [1.807, 2.05) is 19.1 Å². The van der Waals surface area contributed by atoms with Crippen molar-refractivity contribution in [2.24, 2.45) is 5.41 Å². The minimum Gasteiger partial charge on any atom is -0.461 e. The average Bonchev–Trinajstić information content (AvgIpc) is 2.21. The van der Waals surface area contributed by atoms with Gasteiger partial charge in [0.05, 0.1) is 0 Å². The van der Waals surface area contributed by atoms with Crippen LogP contribution in [0.2, 0.25) is 0 Å². The van der Waals surface area contributed by atoms with E-state index < -0.39 is 0 Å². The maximum atomic E-state index is 10.8. The van der Waals surface area contributed by atoms with Crippen LogP contribution in [0.4, 0.5) is 0 Å². The van der Waals surface area contributed by atoms with Crippen molar-refractivity contribution >= 4 is 5.97 Å². The van der Waals surface area contributed by atoms with Gasteiger partial charge in [0, 0.05) is 6.42 Å². The van der Waals surface area contributed by atoms with Gasteiger partial charge in [0.15, 0.2) is 0 Å². The van der Waals surface area contributed by atoms with Gasteiger partial charge >= 0.3 is 5.97 Å². The molecule has 0 rings (SSSR count). The molecule has 0 aliphatic heterocycles. The molecule has 0 N–H and O–H groups in total. The van der Waals surface area contributed by atoms with Crippen LogP contribution in [0.5, 0.6) is 0 Å². The summed E-state index contributed by atoms with van der Waals surface area (Å²) in [7, 11) is 0. The number of ether oxygens (including phenoxy) is 1. The molecule has 0 atom stereocenters. The summed E-state index contributed by atoms with van der Waals surface area (Å²) in [5.41, 5.74) is 0.130. The molecule has 2 heteroatoms. The summed E-state index contributed by atoms with van der Waals surface area (Å²) in [5.74, 6) is -0.147. The lowest BCUT2D eigenvalue weighted by Gasteiger charge is -2.17. The number of rotatable bonds is 6. The normalized spacial score (nSPS) is 12.5. The fraction of sp³-hybridized carbons (Fsp3) is 0.615. The van der Waals surface area contributed by atoms with Gasteiger partial charge in [-0.25, -0.2) is 0 Å². The molecule has 0 heterocycles. The third-order valence-corrected chi connectivity index (χ3v) is 2.08. The Morgan fingerprint density at radius 3 is 2.53 bits per heavy atom. The number of esters is 1. The standard InChI is InChI=1S/C13H22O2/c1-5-7-9-13(3,4)10-8-11-15-12(14)6-2/h5,7-8,10H,6,9,11H2,1-4H3/b7-5+,10-8+. The number of carbonyl (C=O) groups excluding carboxylic acids is 1. The van der Waals surface area contributed by atoms with E-state index >= 15 is 0 Å². The van der Waals surface area contributed by atoms with Gasteiger partial charge in [0.1, 0.15) is 6.61 Å². The lowest BCUT2D eigenvalue weighted by molar-refractivity contribution is -0.141. The van der Waals surface area contributed by atoms with Gasteiger partial charge in [0.2, 0.25) is 0 Å². The molecule has 0 bridgehead atoms. The molecule has 0 spiro atoms. The zero-order valence-corrected chi connectivity index (χ0v) is 10.2. The first-order chi connectivity index (χ1) is 7.02. The zero-order chi connectivity index (χ0) is 11.7. The van der Waals surface area contributed by atoms with Crippen molar-refractivity contribution in [2.45, 2.75) is 40.5 Å². The van der Waals surface area contributed by atoms with Gasteiger partial charge in [-0.3, -0.25) is 4.79 Å². The van der Waals surface area contributed by atoms with Crippen LogP contribution < -0.4 is 0 Å².